The van der Waals surface area contributed by atoms with Crippen molar-refractivity contribution in [1.29, 1.82) is 0 Å². The predicted molar refractivity (Wildman–Crippen MR) is 79.2 cm³/mol. The Balaban J connectivity index is 0.000000359. The van der Waals surface area contributed by atoms with Crippen LogP contribution in [-0.2, 0) is 4.74 Å². The van der Waals surface area contributed by atoms with Crippen LogP contribution in [0.15, 0.2) is 0 Å². The van der Waals surface area contributed by atoms with E-state index in [9.17, 15) is 4.79 Å². The van der Waals surface area contributed by atoms with Gasteiger partial charge in [-0.05, 0) is 77.4 Å². The normalized spacial score (nSPS) is 36.9. The van der Waals surface area contributed by atoms with Gasteiger partial charge in [0.05, 0.1) is 0 Å². The van der Waals surface area contributed by atoms with Crippen molar-refractivity contribution in [2.45, 2.75) is 38.5 Å². The molecule has 0 amide bonds. The fourth-order valence-electron chi connectivity index (χ4n) is 4.68. The van der Waals surface area contributed by atoms with E-state index in [-0.39, 0.29) is 11.6 Å². The highest BCUT2D eigenvalue weighted by molar-refractivity contribution is 5.56. The Hall–Kier alpha value is -0.810. The number of carbonyl (C=O) groups is 1. The zero-order valence-electron chi connectivity index (χ0n) is 13.1. The summed E-state index contributed by atoms with van der Waals surface area (Å²) in [6, 6.07) is 0. The monoisotopic (exact) mass is 286 g/mol. The Bertz CT molecular complexity index is 293. The summed E-state index contributed by atoms with van der Waals surface area (Å²) in [6.45, 7) is 0.450. The van der Waals surface area contributed by atoms with Crippen LogP contribution in [0.1, 0.15) is 38.5 Å². The Labute approximate surface area is 122 Å². The van der Waals surface area contributed by atoms with Gasteiger partial charge < -0.3 is 20.9 Å². The number of ether oxygens (including phenoxy) is 1. The van der Waals surface area contributed by atoms with E-state index in [4.69, 9.17) is 9.84 Å². The molecule has 0 aromatic rings. The minimum absolute atomic E-state index is 0. The molecule has 0 spiro atoms. The molecule has 20 heavy (non-hydrogen) atoms. The third-order valence-electron chi connectivity index (χ3n) is 4.67. The van der Waals surface area contributed by atoms with Crippen LogP contribution < -0.4 is 6.15 Å². The number of hydrogen-bond donors (Lipinski definition) is 2. The Kier molecular flexibility index (Phi) is 5.83. The van der Waals surface area contributed by atoms with Crippen LogP contribution in [0, 0.1) is 23.2 Å². The molecule has 4 rings (SSSR count). The first-order valence-corrected chi connectivity index (χ1v) is 7.35. The van der Waals surface area contributed by atoms with E-state index in [0.717, 1.165) is 17.8 Å². The van der Waals surface area contributed by atoms with Crippen LogP contribution in [0.25, 0.3) is 0 Å². The summed E-state index contributed by atoms with van der Waals surface area (Å²) < 4.78 is 4.84. The van der Waals surface area contributed by atoms with Gasteiger partial charge in [0.25, 0.3) is 0 Å². The molecule has 4 saturated carbocycles. The summed E-state index contributed by atoms with van der Waals surface area (Å²) >= 11 is 0. The lowest BCUT2D eigenvalue weighted by Crippen LogP contribution is -2.48. The van der Waals surface area contributed by atoms with Crippen LogP contribution in [0.5, 0.6) is 0 Å². The molecule has 4 aliphatic rings. The van der Waals surface area contributed by atoms with Crippen molar-refractivity contribution in [2.24, 2.45) is 23.2 Å². The molecule has 4 N–H and O–H groups in total. The maximum absolute atomic E-state index is 10.5. The summed E-state index contributed by atoms with van der Waals surface area (Å²) in [4.78, 5) is 12.5. The lowest BCUT2D eigenvalue weighted by Gasteiger charge is -2.56. The van der Waals surface area contributed by atoms with Gasteiger partial charge in [-0.1, -0.05) is 0 Å². The van der Waals surface area contributed by atoms with E-state index in [1.807, 2.05) is 26.0 Å². The van der Waals surface area contributed by atoms with E-state index in [1.165, 1.54) is 38.5 Å². The smallest absolute Gasteiger partial charge is 0.450 e. The molecular formula is C15H30N2O3. The summed E-state index contributed by atoms with van der Waals surface area (Å²) in [5, 5.41) is 8.59. The van der Waals surface area contributed by atoms with E-state index >= 15 is 0 Å². The molecule has 0 radical (unpaired) electrons. The third-order valence-corrected chi connectivity index (χ3v) is 4.67. The zero-order chi connectivity index (χ0) is 14.0. The third kappa shape index (κ3) is 4.35. The molecule has 0 aromatic heterocycles. The molecule has 5 heteroatoms. The second-order valence-corrected chi connectivity index (χ2v) is 7.31. The Morgan fingerprint density at radius 3 is 1.75 bits per heavy atom. The molecule has 4 aliphatic carbocycles. The molecule has 0 atom stereocenters. The van der Waals surface area contributed by atoms with Crippen LogP contribution in [0.2, 0.25) is 0 Å². The topological polar surface area (TPSA) is 84.8 Å². The highest BCUT2D eigenvalue weighted by Gasteiger charge is 2.51. The van der Waals surface area contributed by atoms with Crippen LogP contribution in [0.3, 0.4) is 0 Å². The van der Waals surface area contributed by atoms with E-state index < -0.39 is 6.16 Å². The quantitative estimate of drug-likeness (QED) is 0.761. The average molecular weight is 286 g/mol. The molecule has 0 aliphatic heterocycles. The second-order valence-electron chi connectivity index (χ2n) is 7.31. The van der Waals surface area contributed by atoms with Gasteiger partial charge in [-0.15, -0.1) is 0 Å². The number of carboxylic acid groups (broad SMARTS) is 1. The van der Waals surface area contributed by atoms with Crippen molar-refractivity contribution in [2.75, 3.05) is 27.7 Å². The fraction of sp³-hybridized carbons (Fsp3) is 0.933. The maximum Gasteiger partial charge on any atom is 0.505 e. The summed E-state index contributed by atoms with van der Waals surface area (Å²) in [5.41, 5.74) is 0.229. The van der Waals surface area contributed by atoms with Crippen molar-refractivity contribution < 1.29 is 14.6 Å². The second kappa shape index (κ2) is 6.76. The van der Waals surface area contributed by atoms with E-state index in [1.54, 1.807) is 0 Å². The molecule has 0 heterocycles. The first-order chi connectivity index (χ1) is 8.88. The number of hydrogen-bond acceptors (Lipinski definition) is 4. The predicted octanol–water partition coefficient (Wildman–Crippen LogP) is 3.24. The minimum Gasteiger partial charge on any atom is -0.450 e. The largest absolute Gasteiger partial charge is 0.505 e. The van der Waals surface area contributed by atoms with Gasteiger partial charge in [0.2, 0.25) is 0 Å². The standard InChI is InChI=1S/C12H18O3.C3H9N.H3N/c13-11(14)15-7-12-4-8-1-9(5-12)3-10(2-8)6-12;1-4(2)3;/h8-10H,1-7H2,(H,13,14);1-3H3;1H3. The highest BCUT2D eigenvalue weighted by Crippen LogP contribution is 2.59. The molecular weight excluding hydrogens is 256 g/mol. The molecule has 4 bridgehead atoms. The van der Waals surface area contributed by atoms with Gasteiger partial charge in [0, 0.05) is 5.41 Å². The van der Waals surface area contributed by atoms with Gasteiger partial charge >= 0.3 is 6.16 Å². The first kappa shape index (κ1) is 17.2. The Morgan fingerprint density at radius 1 is 1.10 bits per heavy atom. The van der Waals surface area contributed by atoms with E-state index in [0.29, 0.717) is 6.61 Å². The van der Waals surface area contributed by atoms with Gasteiger partial charge in [0.15, 0.2) is 0 Å². The molecule has 5 nitrogen and oxygen atoms in total. The summed E-state index contributed by atoms with van der Waals surface area (Å²) in [5.74, 6) is 2.61. The molecule has 0 unspecified atom stereocenters. The van der Waals surface area contributed by atoms with Gasteiger partial charge in [-0.25, -0.2) is 4.79 Å². The average Bonchev–Trinajstić information content (AvgIpc) is 2.24. The SMILES string of the molecule is CN(C)C.N.O=C(O)OCC12CC3CC(CC(C3)C1)C2. The van der Waals surface area contributed by atoms with Crippen LogP contribution >= 0.6 is 0 Å². The van der Waals surface area contributed by atoms with Crippen molar-refractivity contribution in [3.05, 3.63) is 0 Å². The number of nitrogens with zero attached hydrogens (tertiary/aromatic N) is 1. The summed E-state index contributed by atoms with van der Waals surface area (Å²) in [6.07, 6.45) is 6.72. The first-order valence-electron chi connectivity index (χ1n) is 7.35. The molecule has 118 valence electrons. The van der Waals surface area contributed by atoms with Crippen molar-refractivity contribution in [1.82, 2.24) is 11.1 Å². The lowest BCUT2D eigenvalue weighted by molar-refractivity contribution is -0.0869. The van der Waals surface area contributed by atoms with Crippen molar-refractivity contribution in [3.63, 3.8) is 0 Å². The van der Waals surface area contributed by atoms with Crippen LogP contribution in [-0.4, -0.2) is 43.9 Å². The van der Waals surface area contributed by atoms with E-state index in [2.05, 4.69) is 0 Å². The lowest BCUT2D eigenvalue weighted by atomic mass is 9.50. The fourth-order valence-corrected chi connectivity index (χ4v) is 4.68. The van der Waals surface area contributed by atoms with Gasteiger partial charge in [0.1, 0.15) is 6.61 Å². The van der Waals surface area contributed by atoms with Gasteiger partial charge in [-0.2, -0.15) is 0 Å². The van der Waals surface area contributed by atoms with Gasteiger partial charge in [-0.3, -0.25) is 0 Å². The minimum atomic E-state index is -1.11. The maximum atomic E-state index is 10.5. The zero-order valence-corrected chi connectivity index (χ0v) is 13.1. The molecule has 4 fully saturated rings. The van der Waals surface area contributed by atoms with Crippen molar-refractivity contribution >= 4 is 6.16 Å². The van der Waals surface area contributed by atoms with Crippen molar-refractivity contribution in [3.8, 4) is 0 Å². The highest BCUT2D eigenvalue weighted by atomic mass is 16.7. The van der Waals surface area contributed by atoms with Crippen LogP contribution in [0.4, 0.5) is 4.79 Å². The molecule has 0 aromatic carbocycles. The number of rotatable bonds is 2. The summed E-state index contributed by atoms with van der Waals surface area (Å²) in [7, 11) is 6.00. The Morgan fingerprint density at radius 2 is 1.45 bits per heavy atom. The molecule has 0 saturated heterocycles.